The molecule has 0 aliphatic carbocycles. The Balaban J connectivity index is 0.000000433. The summed E-state index contributed by atoms with van der Waals surface area (Å²) in [6, 6.07) is 64.9. The first-order valence-corrected chi connectivity index (χ1v) is 33.7. The molecule has 12 aromatic rings. The van der Waals surface area contributed by atoms with Gasteiger partial charge in [0.1, 0.15) is 0 Å². The van der Waals surface area contributed by atoms with E-state index in [1.807, 2.05) is 43.9 Å². The normalized spacial score (nSPS) is 13.3. The maximum absolute atomic E-state index is 12.7. The second-order valence-corrected chi connectivity index (χ2v) is 31.9. The van der Waals surface area contributed by atoms with Crippen molar-refractivity contribution in [1.29, 1.82) is 0 Å². The SMILES string of the molecule is CC(C)c1cccc(C(C)C)c1-n1c(-c2[c-]cccc2)nc2cccc(-c3cc4c5c(c3)-n3c6ccc(C(C)(C)C)cc6c6cc(C(C)(C)C)cc(c63)B5c3cc(C(C)(C)C)cc5c3N4c3ccc(C(C)(C)C)cc3S5)c21.Cc1cnc(-c2[c-]cc(F)cc2)cc1C.[Ir]. The standard InChI is InChI=1S/C71H72BN4S.C13H11FN.Ir/c1-40(2)48-24-20-25-49(41(3)4)63(48)76-65-50(26-21-27-55(65)73-67(76)42-22-18-17-19-23-42)43-32-58-62-59(33-43)75-57-31-29-45(69(8,9)10)38-60(57)77-61-39-47(71(14,15)16)37-54(66(61)75)72(62)53-36-46(70(11,12)13)35-52-51-34-44(68(5,6)7)28-30-56(51)74(58)64(52)53;1-9-7-13(15-8-10(9)2)11-3-5-12(14)6-4-11;/h17-22,24-41H,1-16H3;3,5-8H,1-2H3;/q2*-1;. The van der Waals surface area contributed by atoms with Crippen LogP contribution in [0.5, 0.6) is 0 Å². The fourth-order valence-electron chi connectivity index (χ4n) is 14.2. The zero-order valence-electron chi connectivity index (χ0n) is 57.2. The number of rotatable bonds is 6. The van der Waals surface area contributed by atoms with E-state index < -0.39 is 0 Å². The second kappa shape index (κ2) is 23.0. The Hall–Kier alpha value is -7.81. The van der Waals surface area contributed by atoms with E-state index in [9.17, 15) is 4.39 Å². The molecule has 0 saturated carbocycles. The maximum Gasteiger partial charge on any atom is 0.252 e. The number of pyridine rings is 1. The number of aryl methyl sites for hydroxylation is 2. The largest absolute Gasteiger partial charge is 0.332 e. The van der Waals surface area contributed by atoms with Gasteiger partial charge < -0.3 is 19.0 Å². The number of aromatic nitrogens is 4. The summed E-state index contributed by atoms with van der Waals surface area (Å²) in [5.41, 5.74) is 30.2. The van der Waals surface area contributed by atoms with Crippen molar-refractivity contribution in [2.45, 2.75) is 168 Å². The van der Waals surface area contributed by atoms with Gasteiger partial charge in [0.25, 0.3) is 6.71 Å². The topological polar surface area (TPSA) is 38.9 Å². The number of imidazole rings is 1. The van der Waals surface area contributed by atoms with Crippen molar-refractivity contribution >= 4 is 84.8 Å². The molecule has 0 saturated heterocycles. The summed E-state index contributed by atoms with van der Waals surface area (Å²) < 4.78 is 17.9. The van der Waals surface area contributed by atoms with Gasteiger partial charge in [-0.2, -0.15) is 0 Å². The van der Waals surface area contributed by atoms with Gasteiger partial charge in [-0.05, 0) is 169 Å². The minimum Gasteiger partial charge on any atom is -0.332 e. The summed E-state index contributed by atoms with van der Waals surface area (Å²) in [4.78, 5) is 15.2. The second-order valence-electron chi connectivity index (χ2n) is 30.8. The Bertz CT molecular complexity index is 4960. The zero-order valence-corrected chi connectivity index (χ0v) is 60.4. The fraction of sp³-hybridized carbons (Fsp3) is 0.286. The molecule has 15 rings (SSSR count). The fourth-order valence-corrected chi connectivity index (χ4v) is 15.4. The first-order chi connectivity index (χ1) is 43.5. The average Bonchev–Trinajstić information content (AvgIpc) is 1.62. The molecule has 6 heterocycles. The van der Waals surface area contributed by atoms with E-state index in [4.69, 9.17) is 4.98 Å². The van der Waals surface area contributed by atoms with E-state index in [2.05, 4.69) is 269 Å². The van der Waals surface area contributed by atoms with Crippen molar-refractivity contribution in [3.05, 3.63) is 226 Å². The summed E-state index contributed by atoms with van der Waals surface area (Å²) in [6.45, 7) is 41.7. The van der Waals surface area contributed by atoms with Crippen molar-refractivity contribution < 1.29 is 24.5 Å². The van der Waals surface area contributed by atoms with Crippen molar-refractivity contribution in [2.75, 3.05) is 4.90 Å². The number of benzene rings is 9. The Morgan fingerprint density at radius 2 is 1.16 bits per heavy atom. The molecule has 0 amide bonds. The first-order valence-electron chi connectivity index (χ1n) is 32.9. The third-order valence-electron chi connectivity index (χ3n) is 19.6. The molecule has 5 nitrogen and oxygen atoms in total. The van der Waals surface area contributed by atoms with E-state index in [0.717, 1.165) is 44.8 Å². The van der Waals surface area contributed by atoms with Crippen LogP contribution in [0.3, 0.4) is 0 Å². The van der Waals surface area contributed by atoms with Crippen LogP contribution in [0.15, 0.2) is 174 Å². The molecule has 9 aromatic carbocycles. The number of nitrogens with zero attached hydrogens (tertiary/aromatic N) is 5. The first kappa shape index (κ1) is 63.9. The molecule has 0 N–H and O–H groups in total. The van der Waals surface area contributed by atoms with Gasteiger partial charge in [-0.15, -0.1) is 65.7 Å². The molecule has 0 bridgehead atoms. The molecule has 93 heavy (non-hydrogen) atoms. The van der Waals surface area contributed by atoms with E-state index in [-0.39, 0.29) is 66.1 Å². The quantitative estimate of drug-likeness (QED) is 0.123. The molecular formula is C84H83BFIrN5S-2. The molecule has 9 heteroatoms. The predicted octanol–water partition coefficient (Wildman–Crippen LogP) is 21.1. The molecule has 0 fully saturated rings. The molecule has 1 radical (unpaired) electrons. The molecule has 3 aromatic heterocycles. The summed E-state index contributed by atoms with van der Waals surface area (Å²) in [5.74, 6) is 1.18. The van der Waals surface area contributed by atoms with Crippen LogP contribution in [0.4, 0.5) is 21.5 Å². The summed E-state index contributed by atoms with van der Waals surface area (Å²) >= 11 is 1.96. The van der Waals surface area contributed by atoms with E-state index in [1.54, 1.807) is 6.07 Å². The molecule has 0 spiro atoms. The van der Waals surface area contributed by atoms with Gasteiger partial charge in [-0.25, -0.2) is 0 Å². The van der Waals surface area contributed by atoms with Crippen molar-refractivity contribution in [1.82, 2.24) is 19.1 Å². The van der Waals surface area contributed by atoms with Crippen LogP contribution in [-0.4, -0.2) is 25.8 Å². The third-order valence-corrected chi connectivity index (χ3v) is 20.6. The molecule has 3 aliphatic heterocycles. The van der Waals surface area contributed by atoms with Gasteiger partial charge in [-0.1, -0.05) is 189 Å². The van der Waals surface area contributed by atoms with Gasteiger partial charge in [0.15, 0.2) is 0 Å². The Morgan fingerprint density at radius 1 is 0.527 bits per heavy atom. The van der Waals surface area contributed by atoms with Crippen LogP contribution >= 0.6 is 11.8 Å². The smallest absolute Gasteiger partial charge is 0.252 e. The zero-order chi connectivity index (χ0) is 65.0. The van der Waals surface area contributed by atoms with Gasteiger partial charge in [-0.3, -0.25) is 9.37 Å². The van der Waals surface area contributed by atoms with Crippen molar-refractivity contribution in [2.24, 2.45) is 0 Å². The van der Waals surface area contributed by atoms with Crippen LogP contribution in [-0.2, 0) is 41.8 Å². The van der Waals surface area contributed by atoms with Crippen LogP contribution in [0.1, 0.15) is 167 Å². The predicted molar refractivity (Wildman–Crippen MR) is 389 cm³/mol. The molecule has 471 valence electrons. The maximum atomic E-state index is 12.7. The van der Waals surface area contributed by atoms with Crippen LogP contribution in [0.2, 0.25) is 0 Å². The Kier molecular flexibility index (Phi) is 15.8. The summed E-state index contributed by atoms with van der Waals surface area (Å²) in [6.07, 6.45) is 1.82. The van der Waals surface area contributed by atoms with Crippen molar-refractivity contribution in [3.63, 3.8) is 0 Å². The van der Waals surface area contributed by atoms with E-state index in [1.165, 1.54) is 133 Å². The van der Waals surface area contributed by atoms with Crippen LogP contribution in [0.25, 0.3) is 78.0 Å². The van der Waals surface area contributed by atoms with Gasteiger partial charge >= 0.3 is 0 Å². The molecule has 3 aliphatic rings. The Labute approximate surface area is 568 Å². The summed E-state index contributed by atoms with van der Waals surface area (Å²) in [5, 5.41) is 2.65. The van der Waals surface area contributed by atoms with Gasteiger partial charge in [0, 0.05) is 80.8 Å². The average molecular weight is 1420 g/mol. The molecule has 0 atom stereocenters. The number of fused-ring (bicyclic) bond motifs is 10. The number of para-hydroxylation sites is 2. The molecule has 0 unspecified atom stereocenters. The summed E-state index contributed by atoms with van der Waals surface area (Å²) in [7, 11) is 0. The number of hydrogen-bond donors (Lipinski definition) is 0. The minimum absolute atomic E-state index is 0. The van der Waals surface area contributed by atoms with Crippen molar-refractivity contribution in [3.8, 4) is 45.1 Å². The van der Waals surface area contributed by atoms with Gasteiger partial charge in [0.05, 0.1) is 33.7 Å². The third kappa shape index (κ3) is 10.8. The van der Waals surface area contributed by atoms with E-state index >= 15 is 0 Å². The number of hydrogen-bond acceptors (Lipinski definition) is 4. The van der Waals surface area contributed by atoms with Crippen LogP contribution in [0, 0.1) is 31.8 Å². The minimum atomic E-state index is -0.275. The van der Waals surface area contributed by atoms with Crippen LogP contribution < -0.4 is 21.3 Å². The number of halogens is 1. The van der Waals surface area contributed by atoms with Gasteiger partial charge in [0.2, 0.25) is 0 Å². The number of anilines is 3. The Morgan fingerprint density at radius 3 is 1.81 bits per heavy atom. The monoisotopic (exact) mass is 1420 g/mol. The molecular weight excluding hydrogens is 1330 g/mol. The van der Waals surface area contributed by atoms with E-state index in [0.29, 0.717) is 0 Å².